The molecular weight excluding hydrogens is 280 g/mol. The van der Waals surface area contributed by atoms with Crippen LogP contribution in [-0.2, 0) is 9.59 Å². The van der Waals surface area contributed by atoms with E-state index in [0.29, 0.717) is 13.1 Å². The van der Waals surface area contributed by atoms with Crippen molar-refractivity contribution in [2.24, 2.45) is 0 Å². The molecule has 2 rings (SSSR count). The molecule has 0 aliphatic carbocycles. The quantitative estimate of drug-likeness (QED) is 0.923. The SMILES string of the molecule is CC(=O)NC1CCN(C(=O)COc2cc(C)ccc2C)CC1. The first-order valence-corrected chi connectivity index (χ1v) is 7.70. The maximum Gasteiger partial charge on any atom is 0.260 e. The van der Waals surface area contributed by atoms with E-state index in [1.807, 2.05) is 36.9 Å². The number of carbonyl (C=O) groups is 2. The van der Waals surface area contributed by atoms with E-state index < -0.39 is 0 Å². The van der Waals surface area contributed by atoms with E-state index >= 15 is 0 Å². The van der Waals surface area contributed by atoms with Gasteiger partial charge in [-0.15, -0.1) is 0 Å². The molecule has 0 spiro atoms. The van der Waals surface area contributed by atoms with E-state index in [2.05, 4.69) is 5.32 Å². The molecule has 1 aliphatic heterocycles. The van der Waals surface area contributed by atoms with E-state index in [-0.39, 0.29) is 24.5 Å². The molecule has 0 atom stereocenters. The summed E-state index contributed by atoms with van der Waals surface area (Å²) in [4.78, 5) is 25.1. The average molecular weight is 304 g/mol. The normalized spacial score (nSPS) is 15.5. The van der Waals surface area contributed by atoms with Gasteiger partial charge in [0.1, 0.15) is 5.75 Å². The minimum atomic E-state index is -0.0111. The highest BCUT2D eigenvalue weighted by Gasteiger charge is 2.23. The van der Waals surface area contributed by atoms with Crippen LogP contribution >= 0.6 is 0 Å². The lowest BCUT2D eigenvalue weighted by Crippen LogP contribution is -2.47. The monoisotopic (exact) mass is 304 g/mol. The number of carbonyl (C=O) groups excluding carboxylic acids is 2. The molecule has 0 unspecified atom stereocenters. The van der Waals surface area contributed by atoms with Gasteiger partial charge in [0.25, 0.3) is 5.91 Å². The fraction of sp³-hybridized carbons (Fsp3) is 0.529. The first-order valence-electron chi connectivity index (χ1n) is 7.70. The zero-order valence-electron chi connectivity index (χ0n) is 13.5. The topological polar surface area (TPSA) is 58.6 Å². The zero-order chi connectivity index (χ0) is 16.1. The predicted molar refractivity (Wildman–Crippen MR) is 84.8 cm³/mol. The standard InChI is InChI=1S/C17H24N2O3/c1-12-4-5-13(2)16(10-12)22-11-17(21)19-8-6-15(7-9-19)18-14(3)20/h4-5,10,15H,6-9,11H2,1-3H3,(H,18,20). The molecule has 0 aromatic heterocycles. The Morgan fingerprint density at radius 3 is 2.59 bits per heavy atom. The number of nitrogens with one attached hydrogen (secondary N) is 1. The van der Waals surface area contributed by atoms with Crippen molar-refractivity contribution >= 4 is 11.8 Å². The molecule has 0 radical (unpaired) electrons. The molecule has 120 valence electrons. The molecule has 1 saturated heterocycles. The Kier molecular flexibility index (Phi) is 5.41. The van der Waals surface area contributed by atoms with Gasteiger partial charge in [-0.05, 0) is 43.9 Å². The Bertz CT molecular complexity index is 549. The zero-order valence-corrected chi connectivity index (χ0v) is 13.5. The number of amides is 2. The van der Waals surface area contributed by atoms with Crippen LogP contribution in [0.4, 0.5) is 0 Å². The number of aryl methyl sites for hydroxylation is 2. The largest absolute Gasteiger partial charge is 0.483 e. The van der Waals surface area contributed by atoms with Crippen molar-refractivity contribution in [3.05, 3.63) is 29.3 Å². The van der Waals surface area contributed by atoms with Crippen LogP contribution in [0, 0.1) is 13.8 Å². The van der Waals surface area contributed by atoms with Crippen molar-refractivity contribution in [2.45, 2.75) is 39.7 Å². The first-order chi connectivity index (χ1) is 10.5. The maximum absolute atomic E-state index is 12.2. The van der Waals surface area contributed by atoms with Crippen LogP contribution in [0.5, 0.6) is 5.75 Å². The van der Waals surface area contributed by atoms with Crippen molar-refractivity contribution in [3.63, 3.8) is 0 Å². The lowest BCUT2D eigenvalue weighted by Gasteiger charge is -2.32. The van der Waals surface area contributed by atoms with Crippen molar-refractivity contribution in [1.82, 2.24) is 10.2 Å². The van der Waals surface area contributed by atoms with Gasteiger partial charge in [-0.3, -0.25) is 9.59 Å². The lowest BCUT2D eigenvalue weighted by atomic mass is 10.1. The summed E-state index contributed by atoms with van der Waals surface area (Å²) < 4.78 is 5.66. The van der Waals surface area contributed by atoms with Gasteiger partial charge in [0.05, 0.1) is 0 Å². The summed E-state index contributed by atoms with van der Waals surface area (Å²) in [5.74, 6) is 0.756. The molecule has 1 aromatic carbocycles. The highest BCUT2D eigenvalue weighted by molar-refractivity contribution is 5.78. The molecule has 0 bridgehead atoms. The Balaban J connectivity index is 1.81. The fourth-order valence-corrected chi connectivity index (χ4v) is 2.65. The van der Waals surface area contributed by atoms with Gasteiger partial charge in [0, 0.05) is 26.1 Å². The van der Waals surface area contributed by atoms with Crippen molar-refractivity contribution in [2.75, 3.05) is 19.7 Å². The molecule has 1 aliphatic rings. The summed E-state index contributed by atoms with van der Waals surface area (Å²) in [5, 5.41) is 2.90. The molecular formula is C17H24N2O3. The number of hydrogen-bond acceptors (Lipinski definition) is 3. The second-order valence-electron chi connectivity index (χ2n) is 5.91. The van der Waals surface area contributed by atoms with E-state index in [9.17, 15) is 9.59 Å². The number of nitrogens with zero attached hydrogens (tertiary/aromatic N) is 1. The third-order valence-corrected chi connectivity index (χ3v) is 3.95. The molecule has 1 N–H and O–H groups in total. The lowest BCUT2D eigenvalue weighted by molar-refractivity contribution is -0.134. The smallest absolute Gasteiger partial charge is 0.260 e. The van der Waals surface area contributed by atoms with Gasteiger partial charge >= 0.3 is 0 Å². The van der Waals surface area contributed by atoms with Gasteiger partial charge in [0.15, 0.2) is 6.61 Å². The summed E-state index contributed by atoms with van der Waals surface area (Å²) in [6.45, 7) is 6.89. The maximum atomic E-state index is 12.2. The molecule has 5 heteroatoms. The van der Waals surface area contributed by atoms with E-state index in [1.54, 1.807) is 0 Å². The summed E-state index contributed by atoms with van der Waals surface area (Å²) in [7, 11) is 0. The minimum Gasteiger partial charge on any atom is -0.483 e. The van der Waals surface area contributed by atoms with Gasteiger partial charge in [-0.2, -0.15) is 0 Å². The van der Waals surface area contributed by atoms with Gasteiger partial charge < -0.3 is 15.0 Å². The van der Waals surface area contributed by atoms with Crippen LogP contribution in [0.3, 0.4) is 0 Å². The van der Waals surface area contributed by atoms with Crippen LogP contribution in [0.2, 0.25) is 0 Å². The van der Waals surface area contributed by atoms with Crippen LogP contribution in [-0.4, -0.2) is 42.5 Å². The molecule has 5 nitrogen and oxygen atoms in total. The Hall–Kier alpha value is -2.04. The summed E-state index contributed by atoms with van der Waals surface area (Å²) >= 11 is 0. The summed E-state index contributed by atoms with van der Waals surface area (Å²) in [5.41, 5.74) is 2.15. The van der Waals surface area contributed by atoms with Crippen LogP contribution in [0.1, 0.15) is 30.9 Å². The second-order valence-corrected chi connectivity index (χ2v) is 5.91. The highest BCUT2D eigenvalue weighted by atomic mass is 16.5. The summed E-state index contributed by atoms with van der Waals surface area (Å²) in [6, 6.07) is 6.15. The third kappa shape index (κ3) is 4.48. The molecule has 1 aromatic rings. The van der Waals surface area contributed by atoms with Gasteiger partial charge in [0.2, 0.25) is 5.91 Å². The van der Waals surface area contributed by atoms with Crippen LogP contribution < -0.4 is 10.1 Å². The number of hydrogen-bond donors (Lipinski definition) is 1. The summed E-state index contributed by atoms with van der Waals surface area (Å²) in [6.07, 6.45) is 1.60. The number of ether oxygens (including phenoxy) is 1. The molecule has 2 amide bonds. The Morgan fingerprint density at radius 1 is 1.27 bits per heavy atom. The molecule has 1 heterocycles. The number of piperidine rings is 1. The van der Waals surface area contributed by atoms with E-state index in [4.69, 9.17) is 4.74 Å². The number of benzene rings is 1. The van der Waals surface area contributed by atoms with E-state index in [1.165, 1.54) is 6.92 Å². The van der Waals surface area contributed by atoms with Crippen molar-refractivity contribution in [1.29, 1.82) is 0 Å². The molecule has 22 heavy (non-hydrogen) atoms. The fourth-order valence-electron chi connectivity index (χ4n) is 2.65. The minimum absolute atomic E-state index is 0.00202. The van der Waals surface area contributed by atoms with Crippen LogP contribution in [0.25, 0.3) is 0 Å². The highest BCUT2D eigenvalue weighted by Crippen LogP contribution is 2.19. The molecule has 1 fully saturated rings. The van der Waals surface area contributed by atoms with Crippen LogP contribution in [0.15, 0.2) is 18.2 Å². The third-order valence-electron chi connectivity index (χ3n) is 3.95. The Morgan fingerprint density at radius 2 is 1.95 bits per heavy atom. The van der Waals surface area contributed by atoms with Crippen molar-refractivity contribution < 1.29 is 14.3 Å². The van der Waals surface area contributed by atoms with E-state index in [0.717, 1.165) is 29.7 Å². The first kappa shape index (κ1) is 16.3. The number of likely N-dealkylation sites (tertiary alicyclic amines) is 1. The second kappa shape index (κ2) is 7.29. The average Bonchev–Trinajstić information content (AvgIpc) is 2.48. The van der Waals surface area contributed by atoms with Crippen molar-refractivity contribution in [3.8, 4) is 5.75 Å². The predicted octanol–water partition coefficient (Wildman–Crippen LogP) is 1.81. The number of rotatable bonds is 4. The van der Waals surface area contributed by atoms with Gasteiger partial charge in [-0.25, -0.2) is 0 Å². The van der Waals surface area contributed by atoms with Gasteiger partial charge in [-0.1, -0.05) is 12.1 Å². The molecule has 0 saturated carbocycles. The Labute approximate surface area is 131 Å².